The second-order valence-electron chi connectivity index (χ2n) is 3.23. The average Bonchev–Trinajstić information content (AvgIpc) is 2.04. The number of hydrogen-bond donors (Lipinski definition) is 0. The quantitative estimate of drug-likeness (QED) is 0.386. The van der Waals surface area contributed by atoms with E-state index in [1.54, 1.807) is 0 Å². The predicted octanol–water partition coefficient (Wildman–Crippen LogP) is -0.217. The van der Waals surface area contributed by atoms with Gasteiger partial charge in [0.2, 0.25) is 0 Å². The van der Waals surface area contributed by atoms with Crippen LogP contribution >= 0.6 is 0 Å². The first-order valence-electron chi connectivity index (χ1n) is 4.61. The van der Waals surface area contributed by atoms with Gasteiger partial charge in [0.25, 0.3) is 0 Å². The fraction of sp³-hybridized carbons (Fsp3) is 0.889. The second-order valence-corrected chi connectivity index (χ2v) is 7.24. The normalized spacial score (nSPS) is 12.7. The van der Waals surface area contributed by atoms with Gasteiger partial charge in [-0.1, -0.05) is 32.9 Å². The molecule has 0 aromatic heterocycles. The summed E-state index contributed by atoms with van der Waals surface area (Å²) in [5, 5.41) is 0. The van der Waals surface area contributed by atoms with Gasteiger partial charge in [0, 0.05) is 14.4 Å². The summed E-state index contributed by atoms with van der Waals surface area (Å²) in [6.07, 6.45) is 1.50. The van der Waals surface area contributed by atoms with Crippen LogP contribution in [-0.4, -0.2) is 37.5 Å². The number of rotatable bonds is 5. The Balaban J connectivity index is -0.000000500. The molecule has 0 aromatic rings. The van der Waals surface area contributed by atoms with Crippen LogP contribution in [0, 0.1) is 6.55 Å². The van der Waals surface area contributed by atoms with Crippen molar-refractivity contribution in [3.05, 3.63) is 6.55 Å². The van der Waals surface area contributed by atoms with Crippen molar-refractivity contribution in [2.75, 3.05) is 0 Å². The summed E-state index contributed by atoms with van der Waals surface area (Å²) in [6.45, 7) is 12.9. The smallest absolute Gasteiger partial charge is 1.00 e. The summed E-state index contributed by atoms with van der Waals surface area (Å²) >= 11 is 0. The molecule has 0 saturated heterocycles. The van der Waals surface area contributed by atoms with Crippen molar-refractivity contribution in [2.45, 2.75) is 52.3 Å². The van der Waals surface area contributed by atoms with Crippen LogP contribution in [0.25, 0.3) is 0 Å². The third-order valence-electron chi connectivity index (χ3n) is 2.31. The van der Waals surface area contributed by atoms with Gasteiger partial charge in [0.1, 0.15) is 0 Å². The van der Waals surface area contributed by atoms with Gasteiger partial charge in [-0.25, -0.2) is 0 Å². The van der Waals surface area contributed by atoms with Gasteiger partial charge < -0.3 is 34.9 Å². The minimum atomic E-state index is -1.53. The molecule has 0 N–H and O–H groups in total. The molecule has 0 fully saturated rings. The summed E-state index contributed by atoms with van der Waals surface area (Å²) in [5.41, 5.74) is 0. The minimum Gasteiger partial charge on any atom is -1.00 e. The molecule has 0 aliphatic carbocycles. The first kappa shape index (κ1) is 20.1. The number of hydrogen-bond acceptors (Lipinski definition) is 1. The summed E-state index contributed by atoms with van der Waals surface area (Å²) in [5.74, 6) is 0. The predicted molar refractivity (Wildman–Crippen MR) is 58.7 cm³/mol. The van der Waals surface area contributed by atoms with Crippen LogP contribution in [0.5, 0.6) is 0 Å². The van der Waals surface area contributed by atoms with Crippen LogP contribution in [0.3, 0.4) is 0 Å². The maximum absolute atomic E-state index is 5.91. The molecule has 0 amide bonds. The fourth-order valence-corrected chi connectivity index (χ4v) is 2.78. The summed E-state index contributed by atoms with van der Waals surface area (Å²) < 4.78 is 5.91. The standard InChI is InChI=1S/C9H21OSi.HI.Mg/c1-6-9(4)10-11(5,7-2)8-3;;/h9H,5-8H2,1-4H3;1H;/q-1;;+2/p-1. The van der Waals surface area contributed by atoms with E-state index in [2.05, 4.69) is 34.2 Å². The molecular weight excluding hydrogens is 303 g/mol. The maximum Gasteiger partial charge on any atom is 2.00 e. The second kappa shape index (κ2) is 10.2. The van der Waals surface area contributed by atoms with E-state index in [0.29, 0.717) is 6.10 Å². The first-order valence-corrected chi connectivity index (χ1v) is 7.14. The van der Waals surface area contributed by atoms with Crippen LogP contribution in [0.1, 0.15) is 34.1 Å². The SMILES string of the molecule is [CH2-][Si](CC)(CC)OC(C)CC.[I-].[Mg+2]. The monoisotopic (exact) mass is 324 g/mol. The third kappa shape index (κ3) is 8.65. The molecule has 0 radical (unpaired) electrons. The Morgan fingerprint density at radius 2 is 1.62 bits per heavy atom. The van der Waals surface area contributed by atoms with E-state index in [-0.39, 0.29) is 47.0 Å². The molecule has 0 spiro atoms. The topological polar surface area (TPSA) is 9.23 Å². The molecule has 76 valence electrons. The van der Waals surface area contributed by atoms with Gasteiger partial charge in [0.15, 0.2) is 0 Å². The Bertz CT molecular complexity index is 110. The van der Waals surface area contributed by atoms with Gasteiger partial charge >= 0.3 is 23.1 Å². The fourth-order valence-electron chi connectivity index (χ4n) is 0.927. The van der Waals surface area contributed by atoms with Gasteiger partial charge in [-0.2, -0.15) is 0 Å². The van der Waals surface area contributed by atoms with Crippen molar-refractivity contribution in [2.24, 2.45) is 0 Å². The summed E-state index contributed by atoms with van der Waals surface area (Å²) in [6, 6.07) is 2.27. The molecule has 1 atom stereocenters. The van der Waals surface area contributed by atoms with Gasteiger partial charge in [-0.15, -0.1) is 0 Å². The molecule has 1 nitrogen and oxygen atoms in total. The molecule has 1 unspecified atom stereocenters. The Morgan fingerprint density at radius 1 is 1.23 bits per heavy atom. The van der Waals surface area contributed by atoms with Crippen LogP contribution < -0.4 is 24.0 Å². The average molecular weight is 325 g/mol. The number of halogens is 1. The van der Waals surface area contributed by atoms with Crippen molar-refractivity contribution in [1.29, 1.82) is 0 Å². The molecule has 0 aromatic carbocycles. The maximum atomic E-state index is 5.91. The van der Waals surface area contributed by atoms with E-state index >= 15 is 0 Å². The third-order valence-corrected chi connectivity index (χ3v) is 5.79. The molecule has 0 heterocycles. The Kier molecular flexibility index (Phi) is 15.8. The molecular formula is C9H21IMgOSi. The van der Waals surface area contributed by atoms with E-state index in [1.165, 1.54) is 0 Å². The van der Waals surface area contributed by atoms with Crippen molar-refractivity contribution < 1.29 is 28.4 Å². The zero-order chi connectivity index (χ0) is 8.91. The molecule has 0 aliphatic heterocycles. The van der Waals surface area contributed by atoms with Crippen LogP contribution in [0.4, 0.5) is 0 Å². The van der Waals surface area contributed by atoms with Crippen molar-refractivity contribution in [3.63, 3.8) is 0 Å². The first-order chi connectivity index (χ1) is 5.08. The van der Waals surface area contributed by atoms with Crippen LogP contribution in [-0.2, 0) is 4.43 Å². The van der Waals surface area contributed by atoms with E-state index in [1.807, 2.05) is 0 Å². The van der Waals surface area contributed by atoms with E-state index in [9.17, 15) is 0 Å². The molecule has 0 bridgehead atoms. The molecule has 0 rings (SSSR count). The molecule has 13 heavy (non-hydrogen) atoms. The van der Waals surface area contributed by atoms with Crippen LogP contribution in [0.2, 0.25) is 12.1 Å². The van der Waals surface area contributed by atoms with Gasteiger partial charge in [-0.3, -0.25) is 0 Å². The summed E-state index contributed by atoms with van der Waals surface area (Å²) in [4.78, 5) is 0. The molecule has 4 heteroatoms. The Morgan fingerprint density at radius 3 is 1.85 bits per heavy atom. The Labute approximate surface area is 118 Å². The van der Waals surface area contributed by atoms with Gasteiger partial charge in [-0.05, 0) is 13.3 Å². The molecule has 0 saturated carbocycles. The minimum absolute atomic E-state index is 0. The molecule has 0 aliphatic rings. The van der Waals surface area contributed by atoms with Gasteiger partial charge in [0.05, 0.1) is 0 Å². The van der Waals surface area contributed by atoms with Crippen LogP contribution in [0.15, 0.2) is 0 Å². The van der Waals surface area contributed by atoms with Crippen molar-refractivity contribution >= 4 is 31.4 Å². The largest absolute Gasteiger partial charge is 2.00 e. The Hall–Kier alpha value is 1.67. The van der Waals surface area contributed by atoms with E-state index < -0.39 is 8.32 Å². The van der Waals surface area contributed by atoms with E-state index in [0.717, 1.165) is 18.5 Å². The van der Waals surface area contributed by atoms with Crippen molar-refractivity contribution in [1.82, 2.24) is 0 Å². The van der Waals surface area contributed by atoms with E-state index in [4.69, 9.17) is 4.43 Å². The zero-order valence-corrected chi connectivity index (χ0v) is 14.0. The van der Waals surface area contributed by atoms with Crippen molar-refractivity contribution in [3.8, 4) is 0 Å². The zero-order valence-electron chi connectivity index (χ0n) is 9.40. The summed E-state index contributed by atoms with van der Waals surface area (Å²) in [7, 11) is -1.53.